The zero-order valence-corrected chi connectivity index (χ0v) is 19.4. The van der Waals surface area contributed by atoms with E-state index in [1.807, 2.05) is 50.2 Å². The third-order valence-corrected chi connectivity index (χ3v) is 6.08. The second-order valence-electron chi connectivity index (χ2n) is 7.50. The molecule has 0 fully saturated rings. The van der Waals surface area contributed by atoms with Crippen molar-refractivity contribution in [1.82, 2.24) is 16.0 Å². The Morgan fingerprint density at radius 1 is 1.00 bits per heavy atom. The van der Waals surface area contributed by atoms with Gasteiger partial charge in [-0.15, -0.1) is 0 Å². The maximum absolute atomic E-state index is 12.2. The number of nitrogens with zero attached hydrogens (tertiary/aromatic N) is 1. The lowest BCUT2D eigenvalue weighted by Crippen LogP contribution is -2.37. The van der Waals surface area contributed by atoms with E-state index in [1.165, 1.54) is 6.26 Å². The molecular formula is C23H32N4O3S. The van der Waals surface area contributed by atoms with Gasteiger partial charge in [0.15, 0.2) is 15.8 Å². The molecule has 0 spiro atoms. The van der Waals surface area contributed by atoms with Gasteiger partial charge >= 0.3 is 0 Å². The Kier molecular flexibility index (Phi) is 9.05. The normalized spacial score (nSPS) is 12.8. The van der Waals surface area contributed by atoms with Gasteiger partial charge in [0.2, 0.25) is 0 Å². The third kappa shape index (κ3) is 8.05. The molecule has 0 saturated carbocycles. The lowest BCUT2D eigenvalue weighted by molar-refractivity contribution is 0.0939. The van der Waals surface area contributed by atoms with Crippen LogP contribution in [0.5, 0.6) is 0 Å². The molecule has 8 heteroatoms. The van der Waals surface area contributed by atoms with E-state index >= 15 is 0 Å². The monoisotopic (exact) mass is 444 g/mol. The molecule has 31 heavy (non-hydrogen) atoms. The molecule has 168 valence electrons. The van der Waals surface area contributed by atoms with Gasteiger partial charge in [0, 0.05) is 38.0 Å². The van der Waals surface area contributed by atoms with Crippen LogP contribution < -0.4 is 16.0 Å². The standard InChI is InChI=1S/C23H32N4O3S/c1-5-17(2)27-22(28)20-10-6-19(7-11-20)16-26-23(24-3)25-15-14-18-8-12-21(13-9-18)31(4,29)30/h6-13,17H,5,14-16H2,1-4H3,(H,27,28)(H2,24,25,26). The largest absolute Gasteiger partial charge is 0.356 e. The van der Waals surface area contributed by atoms with Crippen LogP contribution in [0.15, 0.2) is 58.4 Å². The topological polar surface area (TPSA) is 99.7 Å². The lowest BCUT2D eigenvalue weighted by atomic mass is 10.1. The summed E-state index contributed by atoms with van der Waals surface area (Å²) in [5.74, 6) is 0.613. The average molecular weight is 445 g/mol. The Morgan fingerprint density at radius 3 is 2.16 bits per heavy atom. The molecule has 3 N–H and O–H groups in total. The van der Waals surface area contributed by atoms with Crippen LogP contribution in [-0.2, 0) is 22.8 Å². The van der Waals surface area contributed by atoms with E-state index in [0.717, 1.165) is 24.0 Å². The minimum Gasteiger partial charge on any atom is -0.356 e. The number of amides is 1. The quantitative estimate of drug-likeness (QED) is 0.408. The number of sulfone groups is 1. The first-order chi connectivity index (χ1) is 14.7. The molecule has 2 aromatic rings. The van der Waals surface area contributed by atoms with Crippen molar-refractivity contribution in [2.45, 2.75) is 44.2 Å². The van der Waals surface area contributed by atoms with Gasteiger partial charge in [-0.2, -0.15) is 0 Å². The van der Waals surface area contributed by atoms with Crippen LogP contribution in [0.4, 0.5) is 0 Å². The number of hydrogen-bond donors (Lipinski definition) is 3. The molecule has 0 aliphatic heterocycles. The van der Waals surface area contributed by atoms with Gasteiger partial charge in [-0.1, -0.05) is 31.2 Å². The van der Waals surface area contributed by atoms with Crippen molar-refractivity contribution in [3.05, 3.63) is 65.2 Å². The first kappa shape index (κ1) is 24.4. The number of aliphatic imine (C=N–C) groups is 1. The van der Waals surface area contributed by atoms with Crippen LogP contribution >= 0.6 is 0 Å². The van der Waals surface area contributed by atoms with Gasteiger partial charge in [0.1, 0.15) is 0 Å². The van der Waals surface area contributed by atoms with Gasteiger partial charge in [-0.05, 0) is 55.2 Å². The fourth-order valence-electron chi connectivity index (χ4n) is 2.82. The first-order valence-electron chi connectivity index (χ1n) is 10.4. The smallest absolute Gasteiger partial charge is 0.251 e. The van der Waals surface area contributed by atoms with Gasteiger partial charge in [-0.3, -0.25) is 9.79 Å². The fraction of sp³-hybridized carbons (Fsp3) is 0.391. The zero-order valence-electron chi connectivity index (χ0n) is 18.6. The Balaban J connectivity index is 1.80. The maximum Gasteiger partial charge on any atom is 0.251 e. The second kappa shape index (κ2) is 11.5. The summed E-state index contributed by atoms with van der Waals surface area (Å²) in [6.07, 6.45) is 2.84. The predicted octanol–water partition coefficient (Wildman–Crippen LogP) is 2.53. The molecule has 0 saturated heterocycles. The van der Waals surface area contributed by atoms with Crippen LogP contribution in [0.1, 0.15) is 41.8 Å². The summed E-state index contributed by atoms with van der Waals surface area (Å²) in [7, 11) is -1.47. The number of rotatable bonds is 9. The second-order valence-corrected chi connectivity index (χ2v) is 9.51. The Hall–Kier alpha value is -2.87. The highest BCUT2D eigenvalue weighted by atomic mass is 32.2. The van der Waals surface area contributed by atoms with Crippen molar-refractivity contribution >= 4 is 21.7 Å². The van der Waals surface area contributed by atoms with Gasteiger partial charge < -0.3 is 16.0 Å². The summed E-state index contributed by atoms with van der Waals surface area (Å²) in [6, 6.07) is 14.6. The average Bonchev–Trinajstić information content (AvgIpc) is 2.76. The zero-order chi connectivity index (χ0) is 22.9. The highest BCUT2D eigenvalue weighted by Crippen LogP contribution is 2.10. The molecule has 7 nitrogen and oxygen atoms in total. The van der Waals surface area contributed by atoms with Crippen molar-refractivity contribution in [2.24, 2.45) is 4.99 Å². The molecule has 2 aromatic carbocycles. The molecule has 0 aliphatic rings. The van der Waals surface area contributed by atoms with Crippen molar-refractivity contribution < 1.29 is 13.2 Å². The molecule has 1 amide bonds. The van der Waals surface area contributed by atoms with E-state index in [1.54, 1.807) is 19.2 Å². The van der Waals surface area contributed by atoms with Gasteiger partial charge in [-0.25, -0.2) is 8.42 Å². The molecule has 0 radical (unpaired) electrons. The number of carbonyl (C=O) groups excluding carboxylic acids is 1. The number of guanidine groups is 1. The summed E-state index contributed by atoms with van der Waals surface area (Å²) in [6.45, 7) is 5.26. The van der Waals surface area contributed by atoms with E-state index in [9.17, 15) is 13.2 Å². The molecule has 1 unspecified atom stereocenters. The summed E-state index contributed by atoms with van der Waals surface area (Å²) in [5, 5.41) is 9.46. The number of hydrogen-bond acceptors (Lipinski definition) is 4. The van der Waals surface area contributed by atoms with Crippen LogP contribution in [0.25, 0.3) is 0 Å². The number of carbonyl (C=O) groups is 1. The number of benzene rings is 2. The van der Waals surface area contributed by atoms with Crippen molar-refractivity contribution in [1.29, 1.82) is 0 Å². The molecule has 0 aromatic heterocycles. The molecule has 1 atom stereocenters. The molecule has 0 bridgehead atoms. The van der Waals surface area contributed by atoms with Crippen LogP contribution in [-0.4, -0.2) is 46.2 Å². The Bertz CT molecular complexity index is 984. The van der Waals surface area contributed by atoms with Crippen molar-refractivity contribution in [2.75, 3.05) is 19.8 Å². The van der Waals surface area contributed by atoms with E-state index in [-0.39, 0.29) is 11.9 Å². The van der Waals surface area contributed by atoms with Crippen molar-refractivity contribution in [3.8, 4) is 0 Å². The summed E-state index contributed by atoms with van der Waals surface area (Å²) in [4.78, 5) is 16.7. The SMILES string of the molecule is CCC(C)NC(=O)c1ccc(CNC(=NC)NCCc2ccc(S(C)(=O)=O)cc2)cc1. The minimum absolute atomic E-state index is 0.0593. The fourth-order valence-corrected chi connectivity index (χ4v) is 3.45. The minimum atomic E-state index is -3.17. The molecule has 2 rings (SSSR count). The summed E-state index contributed by atoms with van der Waals surface area (Å²) < 4.78 is 23.1. The van der Waals surface area contributed by atoms with Crippen LogP contribution in [0.2, 0.25) is 0 Å². The van der Waals surface area contributed by atoms with E-state index in [2.05, 4.69) is 20.9 Å². The molecule has 0 heterocycles. The predicted molar refractivity (Wildman–Crippen MR) is 125 cm³/mol. The Labute approximate surface area is 185 Å². The van der Waals surface area contributed by atoms with Crippen LogP contribution in [0.3, 0.4) is 0 Å². The molecule has 0 aliphatic carbocycles. The maximum atomic E-state index is 12.2. The Morgan fingerprint density at radius 2 is 1.61 bits per heavy atom. The third-order valence-electron chi connectivity index (χ3n) is 4.95. The van der Waals surface area contributed by atoms with Crippen LogP contribution in [0, 0.1) is 0 Å². The molecular weight excluding hydrogens is 412 g/mol. The van der Waals surface area contributed by atoms with E-state index in [4.69, 9.17) is 0 Å². The highest BCUT2D eigenvalue weighted by molar-refractivity contribution is 7.90. The summed E-state index contributed by atoms with van der Waals surface area (Å²) in [5.41, 5.74) is 2.73. The first-order valence-corrected chi connectivity index (χ1v) is 12.3. The lowest BCUT2D eigenvalue weighted by Gasteiger charge is -2.13. The van der Waals surface area contributed by atoms with E-state index < -0.39 is 9.84 Å². The highest BCUT2D eigenvalue weighted by Gasteiger charge is 2.09. The summed E-state index contributed by atoms with van der Waals surface area (Å²) >= 11 is 0. The van der Waals surface area contributed by atoms with Gasteiger partial charge in [0.05, 0.1) is 4.90 Å². The number of nitrogens with one attached hydrogen (secondary N) is 3. The van der Waals surface area contributed by atoms with Crippen molar-refractivity contribution in [3.63, 3.8) is 0 Å². The van der Waals surface area contributed by atoms with Gasteiger partial charge in [0.25, 0.3) is 5.91 Å². The van der Waals surface area contributed by atoms with E-state index in [0.29, 0.717) is 29.5 Å².